The first kappa shape index (κ1) is 17.5. The van der Waals surface area contributed by atoms with E-state index in [0.717, 1.165) is 25.0 Å². The largest absolute Gasteiger partial charge is 0.478 e. The Morgan fingerprint density at radius 1 is 1.15 bits per heavy atom. The van der Waals surface area contributed by atoms with E-state index in [2.05, 4.69) is 20.2 Å². The van der Waals surface area contributed by atoms with Crippen molar-refractivity contribution in [3.63, 3.8) is 0 Å². The number of nitrogens with one attached hydrogen (secondary N) is 2. The van der Waals surface area contributed by atoms with Crippen molar-refractivity contribution in [3.8, 4) is 0 Å². The minimum atomic E-state index is -1.18. The monoisotopic (exact) mass is 357 g/mol. The van der Waals surface area contributed by atoms with Crippen molar-refractivity contribution in [1.82, 2.24) is 14.9 Å². The first-order chi connectivity index (χ1) is 12.4. The van der Waals surface area contributed by atoms with Crippen molar-refractivity contribution in [1.29, 1.82) is 0 Å². The van der Waals surface area contributed by atoms with Crippen molar-refractivity contribution in [2.75, 3.05) is 36.4 Å². The molecule has 1 fully saturated rings. The van der Waals surface area contributed by atoms with Crippen LogP contribution in [0.2, 0.25) is 0 Å². The van der Waals surface area contributed by atoms with E-state index in [1.807, 2.05) is 17.0 Å². The molecule has 1 aliphatic heterocycles. The molecule has 2 heterocycles. The van der Waals surface area contributed by atoms with Crippen LogP contribution in [0.3, 0.4) is 0 Å². The van der Waals surface area contributed by atoms with E-state index < -0.39 is 11.7 Å². The number of carboxylic acid groups (broad SMARTS) is 1. The number of aromatic carboxylic acids is 1. The summed E-state index contributed by atoms with van der Waals surface area (Å²) in [5.41, 5.74) is 0.910. The van der Waals surface area contributed by atoms with Crippen LogP contribution in [0.1, 0.15) is 17.3 Å². The molecule has 3 rings (SSSR count). The molecule has 0 radical (unpaired) electrons. The quantitative estimate of drug-likeness (QED) is 0.743. The van der Waals surface area contributed by atoms with E-state index in [1.54, 1.807) is 19.1 Å². The normalized spacial score (nSPS) is 14.2. The van der Waals surface area contributed by atoms with Crippen molar-refractivity contribution in [3.05, 3.63) is 46.5 Å². The highest BCUT2D eigenvalue weighted by Gasteiger charge is 2.18. The van der Waals surface area contributed by atoms with E-state index in [9.17, 15) is 19.5 Å². The summed E-state index contributed by atoms with van der Waals surface area (Å²) in [6.45, 7) is 4.47. The summed E-state index contributed by atoms with van der Waals surface area (Å²) in [4.78, 5) is 43.8. The minimum Gasteiger partial charge on any atom is -0.478 e. The molecule has 1 saturated heterocycles. The number of carboxylic acids is 1. The Balaban J connectivity index is 1.71. The Kier molecular flexibility index (Phi) is 4.87. The van der Waals surface area contributed by atoms with Gasteiger partial charge >= 0.3 is 11.7 Å². The Morgan fingerprint density at radius 3 is 2.38 bits per heavy atom. The number of carbonyl (C=O) groups is 2. The zero-order chi connectivity index (χ0) is 18.7. The molecule has 0 bridgehead atoms. The summed E-state index contributed by atoms with van der Waals surface area (Å²) in [6.07, 6.45) is 1.02. The van der Waals surface area contributed by atoms with E-state index in [-0.39, 0.29) is 17.3 Å². The molecule has 9 nitrogen and oxygen atoms in total. The van der Waals surface area contributed by atoms with Gasteiger partial charge in [-0.25, -0.2) is 14.6 Å². The first-order valence-corrected chi connectivity index (χ1v) is 8.14. The van der Waals surface area contributed by atoms with Crippen LogP contribution in [0, 0.1) is 0 Å². The van der Waals surface area contributed by atoms with Gasteiger partial charge in [-0.2, -0.15) is 0 Å². The zero-order valence-corrected chi connectivity index (χ0v) is 14.2. The van der Waals surface area contributed by atoms with Gasteiger partial charge in [0.05, 0.1) is 6.20 Å². The molecule has 136 valence electrons. The van der Waals surface area contributed by atoms with Gasteiger partial charge in [0.15, 0.2) is 0 Å². The summed E-state index contributed by atoms with van der Waals surface area (Å²) < 4.78 is 0. The number of aromatic amines is 1. The van der Waals surface area contributed by atoms with Gasteiger partial charge in [0.25, 0.3) is 0 Å². The fourth-order valence-electron chi connectivity index (χ4n) is 2.83. The second kappa shape index (κ2) is 7.26. The average Bonchev–Trinajstić information content (AvgIpc) is 2.62. The summed E-state index contributed by atoms with van der Waals surface area (Å²) in [5, 5.41) is 12.1. The molecule has 0 spiro atoms. The highest BCUT2D eigenvalue weighted by molar-refractivity contribution is 5.93. The Hall–Kier alpha value is -3.36. The molecular formula is C17H19N5O4. The van der Waals surface area contributed by atoms with E-state index >= 15 is 0 Å². The van der Waals surface area contributed by atoms with Gasteiger partial charge in [0.2, 0.25) is 5.91 Å². The molecule has 1 aromatic carbocycles. The van der Waals surface area contributed by atoms with Gasteiger partial charge in [-0.05, 0) is 24.3 Å². The molecule has 0 aliphatic carbocycles. The summed E-state index contributed by atoms with van der Waals surface area (Å²) in [6, 6.07) is 7.42. The van der Waals surface area contributed by atoms with Crippen LogP contribution in [0.15, 0.2) is 35.3 Å². The molecule has 0 unspecified atom stereocenters. The number of piperazine rings is 1. The van der Waals surface area contributed by atoms with Crippen LogP contribution in [-0.2, 0) is 4.79 Å². The zero-order valence-electron chi connectivity index (χ0n) is 14.2. The Bertz CT molecular complexity index is 869. The smallest absolute Gasteiger partial charge is 0.346 e. The highest BCUT2D eigenvalue weighted by atomic mass is 16.4. The topological polar surface area (TPSA) is 119 Å². The minimum absolute atomic E-state index is 0.0836. The van der Waals surface area contributed by atoms with E-state index in [1.165, 1.54) is 0 Å². The number of H-pyrrole nitrogens is 1. The number of nitrogens with zero attached hydrogens (tertiary/aromatic N) is 3. The standard InChI is InChI=1S/C17H19N5O4/c1-11(23)21-6-8-22(9-7-21)13-4-2-12(3-5-13)19-15-14(16(24)25)10-18-17(26)20-15/h2-5,10H,6-9H2,1H3,(H,24,25)(H2,18,19,20,26). The SMILES string of the molecule is CC(=O)N1CCN(c2ccc(Nc3[nH]c(=O)ncc3C(=O)O)cc2)CC1. The third-order valence-electron chi connectivity index (χ3n) is 4.27. The van der Waals surface area contributed by atoms with Gasteiger partial charge < -0.3 is 20.2 Å². The number of benzene rings is 1. The maximum absolute atomic E-state index is 11.4. The predicted molar refractivity (Wildman–Crippen MR) is 96.0 cm³/mol. The van der Waals surface area contributed by atoms with Crippen LogP contribution in [-0.4, -0.2) is 58.0 Å². The third-order valence-corrected chi connectivity index (χ3v) is 4.27. The molecule has 1 aliphatic rings. The summed E-state index contributed by atoms with van der Waals surface area (Å²) in [5.74, 6) is -1.01. The lowest BCUT2D eigenvalue weighted by molar-refractivity contribution is -0.129. The fraction of sp³-hybridized carbons (Fsp3) is 0.294. The summed E-state index contributed by atoms with van der Waals surface area (Å²) >= 11 is 0. The van der Waals surface area contributed by atoms with Crippen molar-refractivity contribution < 1.29 is 14.7 Å². The second-order valence-corrected chi connectivity index (χ2v) is 5.95. The van der Waals surface area contributed by atoms with Crippen LogP contribution in [0.4, 0.5) is 17.2 Å². The molecule has 1 aromatic heterocycles. The van der Waals surface area contributed by atoms with Crippen LogP contribution < -0.4 is 15.9 Å². The predicted octanol–water partition coefficient (Wildman–Crippen LogP) is 0.880. The molecule has 2 aromatic rings. The number of carbonyl (C=O) groups excluding carboxylic acids is 1. The van der Waals surface area contributed by atoms with Crippen molar-refractivity contribution in [2.24, 2.45) is 0 Å². The van der Waals surface area contributed by atoms with Gasteiger partial charge in [-0.15, -0.1) is 0 Å². The van der Waals surface area contributed by atoms with Crippen LogP contribution in [0.5, 0.6) is 0 Å². The summed E-state index contributed by atoms with van der Waals surface area (Å²) in [7, 11) is 0. The lowest BCUT2D eigenvalue weighted by Crippen LogP contribution is -2.48. The number of hydrogen-bond donors (Lipinski definition) is 3. The number of amides is 1. The van der Waals surface area contributed by atoms with Crippen LogP contribution >= 0.6 is 0 Å². The maximum Gasteiger partial charge on any atom is 0.346 e. The van der Waals surface area contributed by atoms with Crippen molar-refractivity contribution in [2.45, 2.75) is 6.92 Å². The maximum atomic E-state index is 11.4. The van der Waals surface area contributed by atoms with Crippen molar-refractivity contribution >= 4 is 29.1 Å². The molecule has 0 atom stereocenters. The van der Waals surface area contributed by atoms with Gasteiger partial charge in [-0.1, -0.05) is 0 Å². The van der Waals surface area contributed by atoms with Gasteiger partial charge in [0, 0.05) is 44.5 Å². The Morgan fingerprint density at radius 2 is 1.81 bits per heavy atom. The third kappa shape index (κ3) is 3.82. The lowest BCUT2D eigenvalue weighted by atomic mass is 10.2. The van der Waals surface area contributed by atoms with Crippen LogP contribution in [0.25, 0.3) is 0 Å². The number of hydrogen-bond acceptors (Lipinski definition) is 6. The molecule has 26 heavy (non-hydrogen) atoms. The number of rotatable bonds is 4. The van der Waals surface area contributed by atoms with Gasteiger partial charge in [0.1, 0.15) is 11.4 Å². The molecule has 1 amide bonds. The molecular weight excluding hydrogens is 338 g/mol. The molecule has 0 saturated carbocycles. The molecule has 9 heteroatoms. The molecule has 3 N–H and O–H groups in total. The van der Waals surface area contributed by atoms with E-state index in [0.29, 0.717) is 18.8 Å². The number of anilines is 3. The fourth-order valence-corrected chi connectivity index (χ4v) is 2.83. The highest BCUT2D eigenvalue weighted by Crippen LogP contribution is 2.22. The second-order valence-electron chi connectivity index (χ2n) is 5.95. The Labute approximate surface area is 149 Å². The van der Waals surface area contributed by atoms with Gasteiger partial charge in [-0.3, -0.25) is 9.78 Å². The average molecular weight is 357 g/mol. The number of aromatic nitrogens is 2. The van der Waals surface area contributed by atoms with E-state index in [4.69, 9.17) is 0 Å². The lowest BCUT2D eigenvalue weighted by Gasteiger charge is -2.35. The first-order valence-electron chi connectivity index (χ1n) is 8.14.